The van der Waals surface area contributed by atoms with Gasteiger partial charge in [0.25, 0.3) is 0 Å². The van der Waals surface area contributed by atoms with Crippen LogP contribution in [0.3, 0.4) is 0 Å². The zero-order chi connectivity index (χ0) is 13.0. The first-order chi connectivity index (χ1) is 7.95. The molecule has 1 rings (SSSR count). The largest absolute Gasteiger partial charge is 0.504 e. The van der Waals surface area contributed by atoms with Gasteiger partial charge in [0.1, 0.15) is 0 Å². The second-order valence-corrected chi connectivity index (χ2v) is 3.99. The number of halogens is 1. The summed E-state index contributed by atoms with van der Waals surface area (Å²) in [5.74, 6) is 0.346. The molecule has 0 unspecified atom stereocenters. The number of carbonyl (C=O) groups is 1. The number of methoxy groups -OCH3 is 1. The summed E-state index contributed by atoms with van der Waals surface area (Å²) in [6.07, 6.45) is 0. The molecule has 0 aliphatic heterocycles. The lowest BCUT2D eigenvalue weighted by molar-refractivity contribution is -0.131. The number of benzene rings is 1. The maximum atomic E-state index is 11.6. The van der Waals surface area contributed by atoms with Gasteiger partial charge >= 0.3 is 0 Å². The van der Waals surface area contributed by atoms with Crippen molar-refractivity contribution in [1.82, 2.24) is 4.90 Å². The third kappa shape index (κ3) is 4.09. The lowest BCUT2D eigenvalue weighted by Gasteiger charge is -2.19. The van der Waals surface area contributed by atoms with Gasteiger partial charge in [0.05, 0.1) is 13.2 Å². The second-order valence-electron chi connectivity index (χ2n) is 3.99. The van der Waals surface area contributed by atoms with E-state index in [0.717, 1.165) is 5.56 Å². The van der Waals surface area contributed by atoms with Crippen LogP contribution in [0, 0.1) is 0 Å². The van der Waals surface area contributed by atoms with Gasteiger partial charge in [-0.3, -0.25) is 4.79 Å². The molecule has 18 heavy (non-hydrogen) atoms. The van der Waals surface area contributed by atoms with E-state index >= 15 is 0 Å². The zero-order valence-corrected chi connectivity index (χ0v) is 11.5. The Morgan fingerprint density at radius 1 is 1.56 bits per heavy atom. The Balaban J connectivity index is 0.00000289. The number of likely N-dealkylation sites (N-methyl/N-ethyl adjacent to an activating group) is 1. The van der Waals surface area contributed by atoms with Crippen molar-refractivity contribution in [3.63, 3.8) is 0 Å². The van der Waals surface area contributed by atoms with Gasteiger partial charge in [-0.05, 0) is 24.6 Å². The van der Waals surface area contributed by atoms with Crippen molar-refractivity contribution in [3.8, 4) is 11.5 Å². The zero-order valence-electron chi connectivity index (χ0n) is 10.7. The summed E-state index contributed by atoms with van der Waals surface area (Å²) < 4.78 is 5.00. The van der Waals surface area contributed by atoms with E-state index in [1.165, 1.54) is 12.0 Å². The summed E-state index contributed by atoms with van der Waals surface area (Å²) in [5, 5.41) is 9.44. The third-order valence-electron chi connectivity index (χ3n) is 2.43. The minimum absolute atomic E-state index is 0. The molecular weight excluding hydrogens is 256 g/mol. The van der Waals surface area contributed by atoms with Crippen LogP contribution in [0.4, 0.5) is 0 Å². The molecule has 6 heteroatoms. The first-order valence-electron chi connectivity index (χ1n) is 5.32. The highest BCUT2D eigenvalue weighted by Crippen LogP contribution is 2.26. The fourth-order valence-electron chi connectivity index (χ4n) is 1.52. The highest BCUT2D eigenvalue weighted by Gasteiger charge is 2.14. The number of rotatable bonds is 4. The number of nitrogens with two attached hydrogens (primary N) is 1. The minimum Gasteiger partial charge on any atom is -0.504 e. The topological polar surface area (TPSA) is 75.8 Å². The van der Waals surface area contributed by atoms with Crippen molar-refractivity contribution in [1.29, 1.82) is 0 Å². The molecule has 0 saturated carbocycles. The highest BCUT2D eigenvalue weighted by atomic mass is 35.5. The number of nitrogens with zero attached hydrogens (tertiary/aromatic N) is 1. The van der Waals surface area contributed by atoms with Crippen molar-refractivity contribution in [3.05, 3.63) is 23.8 Å². The van der Waals surface area contributed by atoms with Crippen LogP contribution in [-0.2, 0) is 11.3 Å². The Labute approximate surface area is 113 Å². The van der Waals surface area contributed by atoms with Crippen molar-refractivity contribution in [2.75, 3.05) is 14.2 Å². The molecule has 3 N–H and O–H groups in total. The summed E-state index contributed by atoms with van der Waals surface area (Å²) >= 11 is 0. The molecule has 0 radical (unpaired) electrons. The molecular formula is C12H19ClN2O3. The van der Waals surface area contributed by atoms with E-state index in [2.05, 4.69) is 0 Å². The fraction of sp³-hybridized carbons (Fsp3) is 0.417. The molecule has 0 heterocycles. The molecule has 0 bridgehead atoms. The van der Waals surface area contributed by atoms with Gasteiger partial charge in [0.2, 0.25) is 5.91 Å². The number of hydrogen-bond acceptors (Lipinski definition) is 4. The van der Waals surface area contributed by atoms with Crippen LogP contribution in [0.15, 0.2) is 18.2 Å². The smallest absolute Gasteiger partial charge is 0.239 e. The third-order valence-corrected chi connectivity index (χ3v) is 2.43. The Kier molecular flexibility index (Phi) is 6.51. The van der Waals surface area contributed by atoms with Crippen LogP contribution in [0.5, 0.6) is 11.5 Å². The quantitative estimate of drug-likeness (QED) is 0.863. The Morgan fingerprint density at radius 3 is 2.67 bits per heavy atom. The predicted octanol–water partition coefficient (Wildman–Crippen LogP) is 1.13. The maximum absolute atomic E-state index is 11.6. The first kappa shape index (κ1) is 16.5. The normalized spacial score (nSPS) is 11.3. The van der Waals surface area contributed by atoms with E-state index < -0.39 is 6.04 Å². The summed E-state index contributed by atoms with van der Waals surface area (Å²) in [4.78, 5) is 13.1. The summed E-state index contributed by atoms with van der Waals surface area (Å²) in [7, 11) is 3.17. The average molecular weight is 275 g/mol. The molecule has 1 aromatic rings. The second kappa shape index (κ2) is 7.08. The van der Waals surface area contributed by atoms with E-state index in [1.54, 1.807) is 32.2 Å². The molecule has 0 aromatic heterocycles. The number of phenolic OH excluding ortho intramolecular Hbond substituents is 1. The number of hydrogen-bond donors (Lipinski definition) is 2. The van der Waals surface area contributed by atoms with Crippen LogP contribution < -0.4 is 10.5 Å². The molecule has 0 saturated heterocycles. The summed E-state index contributed by atoms with van der Waals surface area (Å²) in [6.45, 7) is 2.08. The van der Waals surface area contributed by atoms with Crippen LogP contribution in [0.1, 0.15) is 12.5 Å². The van der Waals surface area contributed by atoms with Gasteiger partial charge in [-0.25, -0.2) is 0 Å². The molecule has 5 nitrogen and oxygen atoms in total. The van der Waals surface area contributed by atoms with Crippen LogP contribution >= 0.6 is 12.4 Å². The SMILES string of the molecule is COc1cc(CN(C)C(=O)[C@H](C)N)ccc1O.Cl. The van der Waals surface area contributed by atoms with Gasteiger partial charge in [-0.15, -0.1) is 12.4 Å². The first-order valence-corrected chi connectivity index (χ1v) is 5.32. The van der Waals surface area contributed by atoms with Crippen molar-refractivity contribution < 1.29 is 14.6 Å². The minimum atomic E-state index is -0.515. The monoisotopic (exact) mass is 274 g/mol. The lowest BCUT2D eigenvalue weighted by Crippen LogP contribution is -2.39. The van der Waals surface area contributed by atoms with Crippen molar-refractivity contribution in [2.45, 2.75) is 19.5 Å². The number of phenols is 1. The maximum Gasteiger partial charge on any atom is 0.239 e. The predicted molar refractivity (Wildman–Crippen MR) is 72.0 cm³/mol. The van der Waals surface area contributed by atoms with Crippen LogP contribution in [0.2, 0.25) is 0 Å². The number of aromatic hydroxyl groups is 1. The molecule has 1 aromatic carbocycles. The summed E-state index contributed by atoms with van der Waals surface area (Å²) in [6, 6.07) is 4.46. The van der Waals surface area contributed by atoms with Crippen molar-refractivity contribution >= 4 is 18.3 Å². The van der Waals surface area contributed by atoms with E-state index in [0.29, 0.717) is 12.3 Å². The molecule has 0 aliphatic rings. The summed E-state index contributed by atoms with van der Waals surface area (Å²) in [5.41, 5.74) is 6.39. The van der Waals surface area contributed by atoms with E-state index in [4.69, 9.17) is 10.5 Å². The lowest BCUT2D eigenvalue weighted by atomic mass is 10.2. The van der Waals surface area contributed by atoms with Crippen molar-refractivity contribution in [2.24, 2.45) is 5.73 Å². The Bertz CT molecular complexity index is 410. The number of carbonyl (C=O) groups excluding carboxylic acids is 1. The average Bonchev–Trinajstić information content (AvgIpc) is 2.30. The Morgan fingerprint density at radius 2 is 2.17 bits per heavy atom. The highest BCUT2D eigenvalue weighted by molar-refractivity contribution is 5.85. The van der Waals surface area contributed by atoms with E-state index in [-0.39, 0.29) is 24.1 Å². The van der Waals surface area contributed by atoms with E-state index in [1.807, 2.05) is 0 Å². The Hall–Kier alpha value is -1.46. The van der Waals surface area contributed by atoms with Crippen LogP contribution in [-0.4, -0.2) is 36.1 Å². The van der Waals surface area contributed by atoms with E-state index in [9.17, 15) is 9.90 Å². The number of amides is 1. The standard InChI is InChI=1S/C12H18N2O3.ClH/c1-8(13)12(16)14(2)7-9-4-5-10(15)11(6-9)17-3;/h4-6,8,15H,7,13H2,1-3H3;1H/t8-;/m0./s1. The molecule has 1 atom stereocenters. The molecule has 1 amide bonds. The van der Waals surface area contributed by atoms with Crippen LogP contribution in [0.25, 0.3) is 0 Å². The molecule has 0 spiro atoms. The molecule has 0 aliphatic carbocycles. The van der Waals surface area contributed by atoms with Gasteiger partial charge in [-0.1, -0.05) is 6.07 Å². The van der Waals surface area contributed by atoms with Gasteiger partial charge in [-0.2, -0.15) is 0 Å². The van der Waals surface area contributed by atoms with Gasteiger partial charge < -0.3 is 20.5 Å². The van der Waals surface area contributed by atoms with Gasteiger partial charge in [0, 0.05) is 13.6 Å². The molecule has 102 valence electrons. The molecule has 0 fully saturated rings. The van der Waals surface area contributed by atoms with Gasteiger partial charge in [0.15, 0.2) is 11.5 Å². The number of ether oxygens (including phenoxy) is 1. The fourth-order valence-corrected chi connectivity index (χ4v) is 1.52.